The van der Waals surface area contributed by atoms with E-state index in [0.717, 1.165) is 0 Å². The standard InChI is InChI=1S/C8H9NO3S/c1-12-8(10)7-6(13(2)11)4-3-5-9-7/h3-5H,1-2H3. The van der Waals surface area contributed by atoms with Crippen LogP contribution < -0.4 is 0 Å². The van der Waals surface area contributed by atoms with Gasteiger partial charge in [0.05, 0.1) is 22.8 Å². The summed E-state index contributed by atoms with van der Waals surface area (Å²) in [5.74, 6) is -0.564. The van der Waals surface area contributed by atoms with Crippen LogP contribution in [0.25, 0.3) is 0 Å². The van der Waals surface area contributed by atoms with Gasteiger partial charge < -0.3 is 4.74 Å². The average molecular weight is 199 g/mol. The van der Waals surface area contributed by atoms with Crippen LogP contribution in [0.2, 0.25) is 0 Å². The Morgan fingerprint density at radius 2 is 2.31 bits per heavy atom. The summed E-state index contributed by atoms with van der Waals surface area (Å²) in [6.07, 6.45) is 2.95. The van der Waals surface area contributed by atoms with Gasteiger partial charge in [-0.1, -0.05) is 0 Å². The van der Waals surface area contributed by atoms with Crippen molar-refractivity contribution in [3.8, 4) is 0 Å². The lowest BCUT2D eigenvalue weighted by Gasteiger charge is -2.02. The van der Waals surface area contributed by atoms with Gasteiger partial charge in [0, 0.05) is 12.5 Å². The molecule has 0 N–H and O–H groups in total. The summed E-state index contributed by atoms with van der Waals surface area (Å²) >= 11 is 0. The van der Waals surface area contributed by atoms with Gasteiger partial charge in [-0.05, 0) is 12.1 Å². The van der Waals surface area contributed by atoms with Crippen LogP contribution in [0.4, 0.5) is 0 Å². The highest BCUT2D eigenvalue weighted by Crippen LogP contribution is 2.10. The summed E-state index contributed by atoms with van der Waals surface area (Å²) in [6.45, 7) is 0. The van der Waals surface area contributed by atoms with E-state index in [-0.39, 0.29) is 5.69 Å². The van der Waals surface area contributed by atoms with Crippen LogP contribution in [0.15, 0.2) is 23.2 Å². The Morgan fingerprint density at radius 3 is 2.85 bits per heavy atom. The van der Waals surface area contributed by atoms with E-state index >= 15 is 0 Å². The van der Waals surface area contributed by atoms with Crippen molar-refractivity contribution in [2.75, 3.05) is 13.4 Å². The van der Waals surface area contributed by atoms with E-state index in [1.54, 1.807) is 12.1 Å². The molecule has 0 aliphatic heterocycles. The number of nitrogens with zero attached hydrogens (tertiary/aromatic N) is 1. The maximum atomic E-state index is 11.1. The van der Waals surface area contributed by atoms with E-state index < -0.39 is 16.8 Å². The first-order chi connectivity index (χ1) is 6.16. The zero-order valence-electron chi connectivity index (χ0n) is 7.31. The highest BCUT2D eigenvalue weighted by atomic mass is 32.2. The quantitative estimate of drug-likeness (QED) is 0.655. The second kappa shape index (κ2) is 4.13. The molecule has 1 rings (SSSR count). The second-order valence-corrected chi connectivity index (χ2v) is 3.64. The van der Waals surface area contributed by atoms with Crippen molar-refractivity contribution in [2.45, 2.75) is 4.90 Å². The van der Waals surface area contributed by atoms with Gasteiger partial charge >= 0.3 is 5.97 Å². The third kappa shape index (κ3) is 2.12. The molecule has 0 aliphatic rings. The number of esters is 1. The minimum absolute atomic E-state index is 0.117. The van der Waals surface area contributed by atoms with Crippen molar-refractivity contribution in [3.05, 3.63) is 24.0 Å². The monoisotopic (exact) mass is 199 g/mol. The largest absolute Gasteiger partial charge is 0.464 e. The molecular formula is C8H9NO3S. The van der Waals surface area contributed by atoms with Crippen LogP contribution in [0.3, 0.4) is 0 Å². The van der Waals surface area contributed by atoms with Crippen LogP contribution in [0.1, 0.15) is 10.5 Å². The molecule has 5 heteroatoms. The molecule has 0 bridgehead atoms. The fourth-order valence-electron chi connectivity index (χ4n) is 0.872. The summed E-state index contributed by atoms with van der Waals surface area (Å²) in [4.78, 5) is 15.3. The van der Waals surface area contributed by atoms with Crippen LogP contribution in [-0.4, -0.2) is 28.5 Å². The third-order valence-electron chi connectivity index (χ3n) is 1.46. The van der Waals surface area contributed by atoms with Crippen LogP contribution in [-0.2, 0) is 15.5 Å². The first-order valence-corrected chi connectivity index (χ1v) is 5.09. The molecule has 1 aromatic rings. The van der Waals surface area contributed by atoms with E-state index in [9.17, 15) is 9.00 Å². The normalized spacial score (nSPS) is 12.2. The summed E-state index contributed by atoms with van der Waals surface area (Å²) < 4.78 is 15.6. The molecule has 4 nitrogen and oxygen atoms in total. The third-order valence-corrected chi connectivity index (χ3v) is 2.41. The highest BCUT2D eigenvalue weighted by molar-refractivity contribution is 7.84. The van der Waals surface area contributed by atoms with Crippen molar-refractivity contribution >= 4 is 16.8 Å². The second-order valence-electron chi connectivity index (χ2n) is 2.30. The van der Waals surface area contributed by atoms with Crippen LogP contribution in [0.5, 0.6) is 0 Å². The minimum Gasteiger partial charge on any atom is -0.464 e. The smallest absolute Gasteiger partial charge is 0.357 e. The molecule has 0 fully saturated rings. The number of hydrogen-bond acceptors (Lipinski definition) is 4. The van der Waals surface area contributed by atoms with Gasteiger partial charge in [0.25, 0.3) is 0 Å². The molecule has 1 heterocycles. The van der Waals surface area contributed by atoms with Gasteiger partial charge in [0.2, 0.25) is 0 Å². The summed E-state index contributed by atoms with van der Waals surface area (Å²) in [7, 11) is 0.0372. The Balaban J connectivity index is 3.19. The molecule has 0 aromatic carbocycles. The van der Waals surface area contributed by atoms with Gasteiger partial charge in [0.1, 0.15) is 0 Å². The lowest BCUT2D eigenvalue weighted by atomic mass is 10.3. The number of rotatable bonds is 2. The molecule has 13 heavy (non-hydrogen) atoms. The average Bonchev–Trinajstić information content (AvgIpc) is 2.16. The summed E-state index contributed by atoms with van der Waals surface area (Å²) in [5.41, 5.74) is 0.117. The van der Waals surface area contributed by atoms with E-state index in [4.69, 9.17) is 0 Å². The van der Waals surface area contributed by atoms with Crippen molar-refractivity contribution in [1.29, 1.82) is 0 Å². The van der Waals surface area contributed by atoms with Gasteiger partial charge in [0.15, 0.2) is 5.69 Å². The number of hydrogen-bond donors (Lipinski definition) is 0. The summed E-state index contributed by atoms with van der Waals surface area (Å²) in [5, 5.41) is 0. The van der Waals surface area contributed by atoms with E-state index in [1.807, 2.05) is 0 Å². The minimum atomic E-state index is -1.23. The molecule has 70 valence electrons. The Bertz CT molecular complexity index is 351. The van der Waals surface area contributed by atoms with Gasteiger partial charge in [-0.25, -0.2) is 9.78 Å². The zero-order valence-corrected chi connectivity index (χ0v) is 8.13. The van der Waals surface area contributed by atoms with Crippen molar-refractivity contribution in [3.63, 3.8) is 0 Å². The SMILES string of the molecule is COC(=O)c1ncccc1S(C)=O. The zero-order chi connectivity index (χ0) is 9.84. The number of ether oxygens (including phenoxy) is 1. The Hall–Kier alpha value is -1.23. The molecule has 0 saturated carbocycles. The number of pyridine rings is 1. The first-order valence-electron chi connectivity index (χ1n) is 3.53. The maximum Gasteiger partial charge on any atom is 0.357 e. The van der Waals surface area contributed by atoms with Crippen molar-refractivity contribution in [2.24, 2.45) is 0 Å². The Labute approximate surface area is 78.4 Å². The van der Waals surface area contributed by atoms with Gasteiger partial charge in [-0.15, -0.1) is 0 Å². The topological polar surface area (TPSA) is 56.3 Å². The molecule has 1 atom stereocenters. The Morgan fingerprint density at radius 1 is 1.62 bits per heavy atom. The first kappa shape index (κ1) is 9.85. The number of carbonyl (C=O) groups excluding carboxylic acids is 1. The fraction of sp³-hybridized carbons (Fsp3) is 0.250. The van der Waals surface area contributed by atoms with Gasteiger partial charge in [-0.2, -0.15) is 0 Å². The maximum absolute atomic E-state index is 11.1. The number of methoxy groups -OCH3 is 1. The molecule has 0 aliphatic carbocycles. The Kier molecular flexibility index (Phi) is 3.13. The fourth-order valence-corrected chi connectivity index (χ4v) is 1.55. The van der Waals surface area contributed by atoms with Crippen molar-refractivity contribution < 1.29 is 13.7 Å². The van der Waals surface area contributed by atoms with Crippen LogP contribution >= 0.6 is 0 Å². The predicted octanol–water partition coefficient (Wildman–Crippen LogP) is 0.606. The van der Waals surface area contributed by atoms with E-state index in [1.165, 1.54) is 19.6 Å². The molecule has 1 aromatic heterocycles. The van der Waals surface area contributed by atoms with E-state index in [2.05, 4.69) is 9.72 Å². The van der Waals surface area contributed by atoms with Crippen LogP contribution in [0, 0.1) is 0 Å². The molecule has 0 spiro atoms. The molecule has 0 radical (unpaired) electrons. The van der Waals surface area contributed by atoms with Crippen molar-refractivity contribution in [1.82, 2.24) is 4.98 Å². The number of carbonyl (C=O) groups is 1. The summed E-state index contributed by atoms with van der Waals surface area (Å²) in [6, 6.07) is 3.22. The highest BCUT2D eigenvalue weighted by Gasteiger charge is 2.14. The van der Waals surface area contributed by atoms with E-state index in [0.29, 0.717) is 4.90 Å². The molecule has 1 unspecified atom stereocenters. The molecule has 0 amide bonds. The lowest BCUT2D eigenvalue weighted by Crippen LogP contribution is -2.08. The number of aromatic nitrogens is 1. The molecular weight excluding hydrogens is 190 g/mol. The lowest BCUT2D eigenvalue weighted by molar-refractivity contribution is 0.0589. The van der Waals surface area contributed by atoms with Gasteiger partial charge in [-0.3, -0.25) is 4.21 Å². The molecule has 0 saturated heterocycles. The predicted molar refractivity (Wildman–Crippen MR) is 47.9 cm³/mol.